The van der Waals surface area contributed by atoms with Crippen LogP contribution in [0.4, 0.5) is 5.69 Å². The van der Waals surface area contributed by atoms with Crippen molar-refractivity contribution in [3.05, 3.63) is 60.2 Å². The summed E-state index contributed by atoms with van der Waals surface area (Å²) >= 11 is 1.56. The van der Waals surface area contributed by atoms with Crippen LogP contribution in [-0.2, 0) is 5.75 Å². The summed E-state index contributed by atoms with van der Waals surface area (Å²) in [6.07, 6.45) is 0. The number of thioether (sulfide) groups is 1. The smallest absolute Gasteiger partial charge is 0.277 e. The number of aromatic nitrogens is 2. The molecule has 0 unspecified atom stereocenters. The van der Waals surface area contributed by atoms with E-state index in [1.165, 1.54) is 11.3 Å². The molecular formula is C19H21N3OS. The lowest BCUT2D eigenvalue weighted by Crippen LogP contribution is -2.21. The first-order valence-electron chi connectivity index (χ1n) is 8.15. The average molecular weight is 339 g/mol. The van der Waals surface area contributed by atoms with E-state index in [0.717, 1.165) is 24.4 Å². The van der Waals surface area contributed by atoms with Crippen molar-refractivity contribution in [1.29, 1.82) is 0 Å². The standard InChI is InChI=1S/C19H21N3OS/c1-3-22(4-2)17-12-10-16(11-13-17)18-20-21-19(23-18)24-14-15-8-6-5-7-9-15/h5-13H,3-4,14H2,1-2H3. The summed E-state index contributed by atoms with van der Waals surface area (Å²) in [6, 6.07) is 18.5. The van der Waals surface area contributed by atoms with Crippen LogP contribution in [0, 0.1) is 0 Å². The van der Waals surface area contributed by atoms with Gasteiger partial charge in [0.2, 0.25) is 5.89 Å². The second-order valence-corrected chi connectivity index (χ2v) is 6.29. The summed E-state index contributed by atoms with van der Waals surface area (Å²) in [5.74, 6) is 1.39. The molecular weight excluding hydrogens is 318 g/mol. The highest BCUT2D eigenvalue weighted by atomic mass is 32.2. The molecule has 3 aromatic rings. The Morgan fingerprint density at radius 1 is 0.917 bits per heavy atom. The largest absolute Gasteiger partial charge is 0.411 e. The lowest BCUT2D eigenvalue weighted by atomic mass is 10.2. The number of anilines is 1. The van der Waals surface area contributed by atoms with E-state index in [2.05, 4.69) is 53.2 Å². The Morgan fingerprint density at radius 2 is 1.62 bits per heavy atom. The van der Waals surface area contributed by atoms with Crippen molar-refractivity contribution in [2.24, 2.45) is 0 Å². The molecule has 4 nitrogen and oxygen atoms in total. The fourth-order valence-electron chi connectivity index (χ4n) is 2.51. The van der Waals surface area contributed by atoms with Crippen LogP contribution in [0.5, 0.6) is 0 Å². The van der Waals surface area contributed by atoms with Crippen molar-refractivity contribution >= 4 is 17.4 Å². The molecule has 0 spiro atoms. The molecule has 0 aliphatic carbocycles. The van der Waals surface area contributed by atoms with E-state index in [1.54, 1.807) is 11.8 Å². The van der Waals surface area contributed by atoms with Crippen molar-refractivity contribution in [1.82, 2.24) is 10.2 Å². The van der Waals surface area contributed by atoms with Crippen molar-refractivity contribution in [2.45, 2.75) is 24.8 Å². The van der Waals surface area contributed by atoms with Crippen LogP contribution in [0.3, 0.4) is 0 Å². The Hall–Kier alpha value is -2.27. The van der Waals surface area contributed by atoms with Crippen LogP contribution < -0.4 is 4.90 Å². The van der Waals surface area contributed by atoms with Gasteiger partial charge in [-0.25, -0.2) is 0 Å². The molecule has 124 valence electrons. The Morgan fingerprint density at radius 3 is 2.29 bits per heavy atom. The van der Waals surface area contributed by atoms with E-state index in [4.69, 9.17) is 4.42 Å². The molecule has 1 aromatic heterocycles. The molecule has 2 aromatic carbocycles. The van der Waals surface area contributed by atoms with Gasteiger partial charge >= 0.3 is 0 Å². The van der Waals surface area contributed by atoms with Gasteiger partial charge in [-0.1, -0.05) is 42.1 Å². The Bertz CT molecular complexity index is 752. The molecule has 0 atom stereocenters. The van der Waals surface area contributed by atoms with Crippen LogP contribution in [0.2, 0.25) is 0 Å². The number of hydrogen-bond acceptors (Lipinski definition) is 5. The SMILES string of the molecule is CCN(CC)c1ccc(-c2nnc(SCc3ccccc3)o2)cc1. The molecule has 24 heavy (non-hydrogen) atoms. The Kier molecular flexibility index (Phi) is 5.54. The Labute approximate surface area is 146 Å². The van der Waals surface area contributed by atoms with Crippen molar-refractivity contribution in [3.63, 3.8) is 0 Å². The highest BCUT2D eigenvalue weighted by Crippen LogP contribution is 2.27. The molecule has 1 heterocycles. The van der Waals surface area contributed by atoms with Gasteiger partial charge in [-0.2, -0.15) is 0 Å². The van der Waals surface area contributed by atoms with Crippen LogP contribution in [0.15, 0.2) is 64.2 Å². The van der Waals surface area contributed by atoms with Gasteiger partial charge in [0.15, 0.2) is 0 Å². The third-order valence-electron chi connectivity index (χ3n) is 3.85. The Balaban J connectivity index is 1.66. The first-order chi connectivity index (χ1) is 11.8. The number of benzene rings is 2. The van der Waals surface area contributed by atoms with Crippen LogP contribution in [0.25, 0.3) is 11.5 Å². The molecule has 5 heteroatoms. The highest BCUT2D eigenvalue weighted by Gasteiger charge is 2.10. The molecule has 3 rings (SSSR count). The van der Waals surface area contributed by atoms with Gasteiger partial charge in [-0.15, -0.1) is 10.2 Å². The summed E-state index contributed by atoms with van der Waals surface area (Å²) in [5.41, 5.74) is 3.40. The van der Waals surface area contributed by atoms with Crippen LogP contribution in [0.1, 0.15) is 19.4 Å². The zero-order chi connectivity index (χ0) is 16.8. The van der Waals surface area contributed by atoms with E-state index in [9.17, 15) is 0 Å². The van der Waals surface area contributed by atoms with E-state index < -0.39 is 0 Å². The maximum Gasteiger partial charge on any atom is 0.277 e. The maximum atomic E-state index is 5.77. The molecule has 0 aliphatic rings. The molecule has 0 bridgehead atoms. The minimum atomic E-state index is 0.566. The summed E-state index contributed by atoms with van der Waals surface area (Å²) < 4.78 is 5.77. The van der Waals surface area contributed by atoms with Gasteiger partial charge in [0.25, 0.3) is 5.22 Å². The maximum absolute atomic E-state index is 5.77. The second kappa shape index (κ2) is 8.02. The van der Waals surface area contributed by atoms with Crippen LogP contribution in [-0.4, -0.2) is 23.3 Å². The summed E-state index contributed by atoms with van der Waals surface area (Å²) in [4.78, 5) is 2.30. The number of hydrogen-bond donors (Lipinski definition) is 0. The van der Waals surface area contributed by atoms with E-state index in [-0.39, 0.29) is 0 Å². The summed E-state index contributed by atoms with van der Waals surface area (Å²) in [7, 11) is 0. The normalized spacial score (nSPS) is 10.8. The van der Waals surface area contributed by atoms with Crippen molar-refractivity contribution in [3.8, 4) is 11.5 Å². The van der Waals surface area contributed by atoms with Gasteiger partial charge < -0.3 is 9.32 Å². The van der Waals surface area contributed by atoms with Crippen molar-refractivity contribution < 1.29 is 4.42 Å². The lowest BCUT2D eigenvalue weighted by molar-refractivity contribution is 0.466. The monoisotopic (exact) mass is 339 g/mol. The molecule has 0 amide bonds. The summed E-state index contributed by atoms with van der Waals surface area (Å²) in [6.45, 7) is 6.31. The molecule has 0 N–H and O–H groups in total. The third kappa shape index (κ3) is 3.97. The van der Waals surface area contributed by atoms with Gasteiger partial charge in [0, 0.05) is 30.1 Å². The first kappa shape index (κ1) is 16.6. The fourth-order valence-corrected chi connectivity index (χ4v) is 3.23. The predicted octanol–water partition coefficient (Wildman–Crippen LogP) is 4.88. The van der Waals surface area contributed by atoms with E-state index >= 15 is 0 Å². The summed E-state index contributed by atoms with van der Waals surface area (Å²) in [5, 5.41) is 8.89. The highest BCUT2D eigenvalue weighted by molar-refractivity contribution is 7.98. The minimum absolute atomic E-state index is 0.566. The van der Waals surface area contributed by atoms with Gasteiger partial charge in [-0.3, -0.25) is 0 Å². The predicted molar refractivity (Wildman–Crippen MR) is 99.3 cm³/mol. The molecule has 0 fully saturated rings. The quantitative estimate of drug-likeness (QED) is 0.574. The lowest BCUT2D eigenvalue weighted by Gasteiger charge is -2.20. The van der Waals surface area contributed by atoms with Gasteiger partial charge in [-0.05, 0) is 43.7 Å². The second-order valence-electron chi connectivity index (χ2n) is 5.37. The van der Waals surface area contributed by atoms with Gasteiger partial charge in [0.05, 0.1) is 0 Å². The molecule has 0 radical (unpaired) electrons. The first-order valence-corrected chi connectivity index (χ1v) is 9.14. The fraction of sp³-hybridized carbons (Fsp3) is 0.263. The van der Waals surface area contributed by atoms with Crippen LogP contribution >= 0.6 is 11.8 Å². The number of nitrogens with zero attached hydrogens (tertiary/aromatic N) is 3. The van der Waals surface area contributed by atoms with E-state index in [1.807, 2.05) is 30.3 Å². The molecule has 0 saturated carbocycles. The molecule has 0 saturated heterocycles. The zero-order valence-electron chi connectivity index (χ0n) is 14.0. The average Bonchev–Trinajstić information content (AvgIpc) is 3.11. The third-order valence-corrected chi connectivity index (χ3v) is 4.74. The van der Waals surface area contributed by atoms with Gasteiger partial charge in [0.1, 0.15) is 0 Å². The van der Waals surface area contributed by atoms with Crippen molar-refractivity contribution in [2.75, 3.05) is 18.0 Å². The minimum Gasteiger partial charge on any atom is -0.411 e. The van der Waals surface area contributed by atoms with E-state index in [0.29, 0.717) is 11.1 Å². The topological polar surface area (TPSA) is 42.2 Å². The number of rotatable bonds is 7. The zero-order valence-corrected chi connectivity index (χ0v) is 14.8. The molecule has 0 aliphatic heterocycles.